The highest BCUT2D eigenvalue weighted by molar-refractivity contribution is 5.79. The number of carbonyl (C=O) groups is 1. The van der Waals surface area contributed by atoms with Gasteiger partial charge in [-0.3, -0.25) is 4.79 Å². The first-order chi connectivity index (χ1) is 8.25. The lowest BCUT2D eigenvalue weighted by Gasteiger charge is -2.30. The number of hydrogen-bond acceptors (Lipinski definition) is 2. The first-order valence-corrected chi connectivity index (χ1v) is 7.24. The van der Waals surface area contributed by atoms with Crippen molar-refractivity contribution in [2.75, 3.05) is 20.1 Å². The number of piperidine rings is 1. The number of nitrogens with one attached hydrogen (secondary N) is 1. The molecule has 0 aromatic rings. The third kappa shape index (κ3) is 3.98. The fourth-order valence-corrected chi connectivity index (χ4v) is 3.12. The van der Waals surface area contributed by atoms with E-state index in [2.05, 4.69) is 17.3 Å². The summed E-state index contributed by atoms with van der Waals surface area (Å²) in [4.78, 5) is 14.5. The minimum Gasteiger partial charge on any atom is -0.353 e. The predicted molar refractivity (Wildman–Crippen MR) is 69.9 cm³/mol. The Kier molecular flexibility index (Phi) is 4.84. The lowest BCUT2D eigenvalue weighted by atomic mass is 9.96. The molecule has 2 rings (SSSR count). The molecule has 0 radical (unpaired) electrons. The van der Waals surface area contributed by atoms with Crippen molar-refractivity contribution in [1.29, 1.82) is 0 Å². The van der Waals surface area contributed by atoms with E-state index in [-0.39, 0.29) is 5.92 Å². The van der Waals surface area contributed by atoms with Crippen molar-refractivity contribution < 1.29 is 4.79 Å². The maximum atomic E-state index is 12.2. The summed E-state index contributed by atoms with van der Waals surface area (Å²) in [5, 5.41) is 3.28. The van der Waals surface area contributed by atoms with Crippen LogP contribution in [0.15, 0.2) is 0 Å². The monoisotopic (exact) mass is 238 g/mol. The molecule has 1 N–H and O–H groups in total. The SMILES string of the molecule is CN1CCCC(C(=O)NC2CCCCCC2)C1. The highest BCUT2D eigenvalue weighted by Crippen LogP contribution is 2.19. The summed E-state index contributed by atoms with van der Waals surface area (Å²) in [5.74, 6) is 0.542. The van der Waals surface area contributed by atoms with Crippen LogP contribution in [0.4, 0.5) is 0 Å². The van der Waals surface area contributed by atoms with Gasteiger partial charge < -0.3 is 10.2 Å². The van der Waals surface area contributed by atoms with E-state index >= 15 is 0 Å². The molecule has 1 aliphatic carbocycles. The quantitative estimate of drug-likeness (QED) is 0.748. The van der Waals surface area contributed by atoms with Crippen molar-refractivity contribution in [3.05, 3.63) is 0 Å². The Morgan fingerprint density at radius 3 is 2.41 bits per heavy atom. The van der Waals surface area contributed by atoms with Crippen LogP contribution in [-0.2, 0) is 4.79 Å². The molecule has 17 heavy (non-hydrogen) atoms. The molecule has 1 unspecified atom stereocenters. The molecular formula is C14H26N2O. The minimum atomic E-state index is 0.233. The zero-order valence-corrected chi connectivity index (χ0v) is 11.1. The van der Waals surface area contributed by atoms with Gasteiger partial charge in [-0.1, -0.05) is 25.7 Å². The van der Waals surface area contributed by atoms with E-state index < -0.39 is 0 Å². The van der Waals surface area contributed by atoms with E-state index in [1.807, 2.05) is 0 Å². The van der Waals surface area contributed by atoms with Gasteiger partial charge in [-0.2, -0.15) is 0 Å². The van der Waals surface area contributed by atoms with E-state index in [9.17, 15) is 4.79 Å². The van der Waals surface area contributed by atoms with Gasteiger partial charge in [0, 0.05) is 12.6 Å². The van der Waals surface area contributed by atoms with Gasteiger partial charge in [0.25, 0.3) is 0 Å². The van der Waals surface area contributed by atoms with Gasteiger partial charge in [0.15, 0.2) is 0 Å². The molecule has 1 saturated carbocycles. The molecule has 2 aliphatic rings. The number of amides is 1. The van der Waals surface area contributed by atoms with Crippen molar-refractivity contribution in [3.8, 4) is 0 Å². The second-order valence-electron chi connectivity index (χ2n) is 5.80. The van der Waals surface area contributed by atoms with Crippen molar-refractivity contribution in [3.63, 3.8) is 0 Å². The number of likely N-dealkylation sites (tertiary alicyclic amines) is 1. The summed E-state index contributed by atoms with van der Waals surface area (Å²) in [6, 6.07) is 0.456. The Morgan fingerprint density at radius 1 is 1.06 bits per heavy atom. The van der Waals surface area contributed by atoms with Crippen LogP contribution in [-0.4, -0.2) is 37.0 Å². The largest absolute Gasteiger partial charge is 0.353 e. The molecule has 1 saturated heterocycles. The molecule has 1 atom stereocenters. The summed E-state index contributed by atoms with van der Waals surface area (Å²) in [5.41, 5.74) is 0. The fraction of sp³-hybridized carbons (Fsp3) is 0.929. The van der Waals surface area contributed by atoms with Gasteiger partial charge in [-0.05, 0) is 39.3 Å². The van der Waals surface area contributed by atoms with Gasteiger partial charge in [-0.15, -0.1) is 0 Å². The van der Waals surface area contributed by atoms with Crippen molar-refractivity contribution in [1.82, 2.24) is 10.2 Å². The van der Waals surface area contributed by atoms with E-state index in [1.54, 1.807) is 0 Å². The minimum absolute atomic E-state index is 0.233. The van der Waals surface area contributed by atoms with Crippen LogP contribution in [0.1, 0.15) is 51.4 Å². The van der Waals surface area contributed by atoms with Crippen LogP contribution in [0.25, 0.3) is 0 Å². The number of nitrogens with zero attached hydrogens (tertiary/aromatic N) is 1. The molecule has 1 amide bonds. The van der Waals surface area contributed by atoms with Crippen molar-refractivity contribution in [2.45, 2.75) is 57.4 Å². The summed E-state index contributed by atoms with van der Waals surface area (Å²) in [6.45, 7) is 2.09. The molecule has 0 aromatic heterocycles. The molecule has 98 valence electrons. The Balaban J connectivity index is 1.78. The second-order valence-corrected chi connectivity index (χ2v) is 5.80. The van der Waals surface area contributed by atoms with Gasteiger partial charge in [0.05, 0.1) is 5.92 Å². The highest BCUT2D eigenvalue weighted by atomic mass is 16.2. The number of carbonyl (C=O) groups excluding carboxylic acids is 1. The van der Waals surface area contributed by atoms with Crippen molar-refractivity contribution in [2.24, 2.45) is 5.92 Å². The lowest BCUT2D eigenvalue weighted by molar-refractivity contribution is -0.127. The molecule has 0 aromatic carbocycles. The molecule has 2 fully saturated rings. The van der Waals surface area contributed by atoms with Crippen molar-refractivity contribution >= 4 is 5.91 Å². The average Bonchev–Trinajstić information content (AvgIpc) is 2.57. The Labute approximate surface area is 105 Å². The van der Waals surface area contributed by atoms with E-state index in [0.717, 1.165) is 19.5 Å². The van der Waals surface area contributed by atoms with E-state index in [1.165, 1.54) is 44.9 Å². The third-order valence-corrected chi connectivity index (χ3v) is 4.20. The maximum Gasteiger partial charge on any atom is 0.224 e. The van der Waals surface area contributed by atoms with Crippen LogP contribution in [0.5, 0.6) is 0 Å². The molecular weight excluding hydrogens is 212 g/mol. The zero-order chi connectivity index (χ0) is 12.1. The first kappa shape index (κ1) is 12.9. The summed E-state index contributed by atoms with van der Waals surface area (Å²) in [6.07, 6.45) is 9.88. The molecule has 3 heteroatoms. The molecule has 3 nitrogen and oxygen atoms in total. The lowest BCUT2D eigenvalue weighted by Crippen LogP contribution is -2.44. The number of hydrogen-bond donors (Lipinski definition) is 1. The van der Waals surface area contributed by atoms with Gasteiger partial charge >= 0.3 is 0 Å². The average molecular weight is 238 g/mol. The van der Waals surface area contributed by atoms with Gasteiger partial charge in [0.1, 0.15) is 0 Å². The van der Waals surface area contributed by atoms with Crippen LogP contribution < -0.4 is 5.32 Å². The number of rotatable bonds is 2. The Morgan fingerprint density at radius 2 is 1.76 bits per heavy atom. The first-order valence-electron chi connectivity index (χ1n) is 7.24. The molecule has 0 bridgehead atoms. The topological polar surface area (TPSA) is 32.3 Å². The highest BCUT2D eigenvalue weighted by Gasteiger charge is 2.25. The van der Waals surface area contributed by atoms with Crippen LogP contribution >= 0.6 is 0 Å². The summed E-state index contributed by atoms with van der Waals surface area (Å²) < 4.78 is 0. The molecule has 0 spiro atoms. The fourth-order valence-electron chi connectivity index (χ4n) is 3.12. The van der Waals surface area contributed by atoms with Gasteiger partial charge in [-0.25, -0.2) is 0 Å². The normalized spacial score (nSPS) is 28.6. The van der Waals surface area contributed by atoms with Crippen LogP contribution in [0, 0.1) is 5.92 Å². The standard InChI is InChI=1S/C14H26N2O/c1-16-10-6-7-12(11-16)14(17)15-13-8-4-2-3-5-9-13/h12-13H,2-11H2,1H3,(H,15,17). The van der Waals surface area contributed by atoms with Crippen LogP contribution in [0.2, 0.25) is 0 Å². The van der Waals surface area contributed by atoms with E-state index in [4.69, 9.17) is 0 Å². The summed E-state index contributed by atoms with van der Waals surface area (Å²) >= 11 is 0. The van der Waals surface area contributed by atoms with Crippen LogP contribution in [0.3, 0.4) is 0 Å². The third-order valence-electron chi connectivity index (χ3n) is 4.20. The van der Waals surface area contributed by atoms with Gasteiger partial charge in [0.2, 0.25) is 5.91 Å². The van der Waals surface area contributed by atoms with E-state index in [0.29, 0.717) is 11.9 Å². The summed E-state index contributed by atoms with van der Waals surface area (Å²) in [7, 11) is 2.12. The molecule has 1 aliphatic heterocycles. The zero-order valence-electron chi connectivity index (χ0n) is 11.1. The smallest absolute Gasteiger partial charge is 0.224 e. The maximum absolute atomic E-state index is 12.2. The predicted octanol–water partition coefficient (Wildman–Crippen LogP) is 2.17. The second kappa shape index (κ2) is 6.39. The Hall–Kier alpha value is -0.570. The molecule has 1 heterocycles. The Bertz CT molecular complexity index is 247.